The van der Waals surface area contributed by atoms with Gasteiger partial charge in [0.05, 0.1) is 11.0 Å². The fourth-order valence-corrected chi connectivity index (χ4v) is 4.03. The first-order valence-corrected chi connectivity index (χ1v) is 11.8. The molecular formula is C25H42N2. The number of fused-ring (bicyclic) bond motifs is 1. The minimum absolute atomic E-state index is 1.14. The summed E-state index contributed by atoms with van der Waals surface area (Å²) in [5, 5.41) is 0. The molecule has 0 atom stereocenters. The number of rotatable bonds is 16. The smallest absolute Gasteiger partial charge is 0.109 e. The molecule has 2 nitrogen and oxygen atoms in total. The zero-order chi connectivity index (χ0) is 19.2. The minimum Gasteiger partial charge on any atom is -0.328 e. The van der Waals surface area contributed by atoms with Gasteiger partial charge in [0, 0.05) is 13.0 Å². The van der Waals surface area contributed by atoms with E-state index < -0.39 is 0 Å². The summed E-state index contributed by atoms with van der Waals surface area (Å²) in [6.45, 7) is 5.71. The number of benzene rings is 1. The van der Waals surface area contributed by atoms with Crippen LogP contribution in [0.5, 0.6) is 0 Å². The largest absolute Gasteiger partial charge is 0.328 e. The van der Waals surface area contributed by atoms with Gasteiger partial charge in [0.25, 0.3) is 0 Å². The minimum atomic E-state index is 1.14. The number of unbranched alkanes of at least 4 members (excludes halogenated alkanes) is 12. The zero-order valence-corrected chi connectivity index (χ0v) is 18.0. The van der Waals surface area contributed by atoms with Crippen LogP contribution in [0.3, 0.4) is 0 Å². The molecule has 27 heavy (non-hydrogen) atoms. The third-order valence-corrected chi connectivity index (χ3v) is 5.72. The van der Waals surface area contributed by atoms with E-state index in [1.807, 2.05) is 0 Å². The summed E-state index contributed by atoms with van der Waals surface area (Å²) < 4.78 is 2.51. The molecular weight excluding hydrogens is 328 g/mol. The molecule has 0 unspecified atom stereocenters. The van der Waals surface area contributed by atoms with Gasteiger partial charge in [-0.15, -0.1) is 0 Å². The molecule has 0 N–H and O–H groups in total. The fraction of sp³-hybridized carbons (Fsp3) is 0.720. The Morgan fingerprint density at radius 3 is 1.89 bits per heavy atom. The van der Waals surface area contributed by atoms with E-state index in [4.69, 9.17) is 4.98 Å². The zero-order valence-electron chi connectivity index (χ0n) is 18.0. The predicted molar refractivity (Wildman–Crippen MR) is 119 cm³/mol. The molecule has 1 aromatic heterocycles. The Morgan fingerprint density at radius 1 is 0.667 bits per heavy atom. The monoisotopic (exact) mass is 370 g/mol. The number of hydrogen-bond acceptors (Lipinski definition) is 1. The Balaban J connectivity index is 1.79. The normalized spacial score (nSPS) is 11.5. The van der Waals surface area contributed by atoms with E-state index in [0.29, 0.717) is 0 Å². The lowest BCUT2D eigenvalue weighted by atomic mass is 10.1. The van der Waals surface area contributed by atoms with Gasteiger partial charge in [-0.2, -0.15) is 0 Å². The van der Waals surface area contributed by atoms with Crippen molar-refractivity contribution in [3.63, 3.8) is 0 Å². The van der Waals surface area contributed by atoms with Crippen LogP contribution in [0, 0.1) is 0 Å². The van der Waals surface area contributed by atoms with Crippen LogP contribution < -0.4 is 0 Å². The van der Waals surface area contributed by atoms with Crippen molar-refractivity contribution in [2.45, 2.75) is 117 Å². The number of hydrogen-bond donors (Lipinski definition) is 0. The molecule has 1 heterocycles. The third-order valence-electron chi connectivity index (χ3n) is 5.72. The van der Waals surface area contributed by atoms with Gasteiger partial charge in [-0.25, -0.2) is 4.98 Å². The van der Waals surface area contributed by atoms with Crippen molar-refractivity contribution in [3.8, 4) is 0 Å². The highest BCUT2D eigenvalue weighted by atomic mass is 15.1. The number of aromatic nitrogens is 2. The molecule has 0 radical (unpaired) electrons. The van der Waals surface area contributed by atoms with Crippen LogP contribution in [0.1, 0.15) is 110 Å². The molecule has 0 aliphatic carbocycles. The van der Waals surface area contributed by atoms with Crippen LogP contribution >= 0.6 is 0 Å². The molecule has 2 heteroatoms. The Bertz CT molecular complexity index is 614. The summed E-state index contributed by atoms with van der Waals surface area (Å²) in [4.78, 5) is 4.96. The predicted octanol–water partition coefficient (Wildman–Crippen LogP) is 8.08. The van der Waals surface area contributed by atoms with E-state index in [2.05, 4.69) is 42.7 Å². The molecule has 0 saturated carbocycles. The fourth-order valence-electron chi connectivity index (χ4n) is 4.03. The van der Waals surface area contributed by atoms with Crippen molar-refractivity contribution < 1.29 is 0 Å². The van der Waals surface area contributed by atoms with Crippen LogP contribution in [0.15, 0.2) is 24.3 Å². The summed E-state index contributed by atoms with van der Waals surface area (Å²) in [6, 6.07) is 8.69. The quantitative estimate of drug-likeness (QED) is 0.273. The molecule has 152 valence electrons. The van der Waals surface area contributed by atoms with Gasteiger partial charge < -0.3 is 4.57 Å². The maximum atomic E-state index is 4.96. The van der Waals surface area contributed by atoms with E-state index in [9.17, 15) is 0 Å². The maximum absolute atomic E-state index is 4.96. The lowest BCUT2D eigenvalue weighted by Crippen LogP contribution is -2.04. The van der Waals surface area contributed by atoms with Crippen molar-refractivity contribution in [3.05, 3.63) is 30.1 Å². The van der Waals surface area contributed by atoms with E-state index in [-0.39, 0.29) is 0 Å². The number of aryl methyl sites for hydroxylation is 2. The van der Waals surface area contributed by atoms with Crippen LogP contribution in [0.2, 0.25) is 0 Å². The van der Waals surface area contributed by atoms with Crippen LogP contribution in [-0.4, -0.2) is 9.55 Å². The molecule has 0 spiro atoms. The average molecular weight is 371 g/mol. The molecule has 0 fully saturated rings. The summed E-state index contributed by atoms with van der Waals surface area (Å²) >= 11 is 0. The molecule has 1 aromatic carbocycles. The van der Waals surface area contributed by atoms with E-state index in [1.54, 1.807) is 0 Å². The highest BCUT2D eigenvalue weighted by molar-refractivity contribution is 5.75. The molecule has 0 aliphatic heterocycles. The SMILES string of the molecule is CCCCCCCCCc1nc2ccccc2n1CCCCCCCCC. The number of nitrogens with zero attached hydrogens (tertiary/aromatic N) is 2. The van der Waals surface area contributed by atoms with Gasteiger partial charge in [0.15, 0.2) is 0 Å². The molecule has 2 rings (SSSR count). The van der Waals surface area contributed by atoms with Crippen LogP contribution in [-0.2, 0) is 13.0 Å². The molecule has 0 aliphatic rings. The lowest BCUT2D eigenvalue weighted by molar-refractivity contribution is 0.537. The standard InChI is InChI=1S/C25H42N2/c1-3-5-7-9-11-13-15-21-25-26-23-19-16-17-20-24(23)27(25)22-18-14-12-10-8-6-4-2/h16-17,19-20H,3-15,18,21-22H2,1-2H3. The molecule has 0 bridgehead atoms. The summed E-state index contributed by atoms with van der Waals surface area (Å²) in [7, 11) is 0. The molecule has 0 amide bonds. The highest BCUT2D eigenvalue weighted by Crippen LogP contribution is 2.20. The highest BCUT2D eigenvalue weighted by Gasteiger charge is 2.09. The Morgan fingerprint density at radius 2 is 1.22 bits per heavy atom. The second kappa shape index (κ2) is 13.8. The maximum Gasteiger partial charge on any atom is 0.109 e. The Kier molecular flexibility index (Phi) is 11.2. The van der Waals surface area contributed by atoms with E-state index in [0.717, 1.165) is 13.0 Å². The third kappa shape index (κ3) is 8.07. The van der Waals surface area contributed by atoms with Crippen molar-refractivity contribution in [1.82, 2.24) is 9.55 Å². The summed E-state index contributed by atoms with van der Waals surface area (Å²) in [5.74, 6) is 1.32. The van der Waals surface area contributed by atoms with E-state index in [1.165, 1.54) is 107 Å². The van der Waals surface area contributed by atoms with Gasteiger partial charge in [0.1, 0.15) is 5.82 Å². The van der Waals surface area contributed by atoms with Gasteiger partial charge in [0.2, 0.25) is 0 Å². The summed E-state index contributed by atoms with van der Waals surface area (Å²) in [5.41, 5.74) is 2.51. The topological polar surface area (TPSA) is 17.8 Å². The summed E-state index contributed by atoms with van der Waals surface area (Å²) in [6.07, 6.45) is 20.3. The van der Waals surface area contributed by atoms with Crippen molar-refractivity contribution >= 4 is 11.0 Å². The van der Waals surface area contributed by atoms with Gasteiger partial charge in [-0.1, -0.05) is 103 Å². The number of imidazole rings is 1. The van der Waals surface area contributed by atoms with E-state index >= 15 is 0 Å². The van der Waals surface area contributed by atoms with Crippen molar-refractivity contribution in [2.24, 2.45) is 0 Å². The van der Waals surface area contributed by atoms with Crippen LogP contribution in [0.4, 0.5) is 0 Å². The van der Waals surface area contributed by atoms with Crippen LogP contribution in [0.25, 0.3) is 11.0 Å². The van der Waals surface area contributed by atoms with Crippen molar-refractivity contribution in [2.75, 3.05) is 0 Å². The number of para-hydroxylation sites is 2. The first kappa shape index (κ1) is 22.0. The second-order valence-corrected chi connectivity index (χ2v) is 8.16. The Hall–Kier alpha value is -1.31. The second-order valence-electron chi connectivity index (χ2n) is 8.16. The first-order valence-electron chi connectivity index (χ1n) is 11.8. The van der Waals surface area contributed by atoms with Gasteiger partial charge in [-0.3, -0.25) is 0 Å². The first-order chi connectivity index (χ1) is 13.4. The average Bonchev–Trinajstić information content (AvgIpc) is 3.04. The van der Waals surface area contributed by atoms with Gasteiger partial charge >= 0.3 is 0 Å². The lowest BCUT2D eigenvalue weighted by Gasteiger charge is -2.09. The molecule has 2 aromatic rings. The Labute approximate surface area is 167 Å². The molecule has 0 saturated heterocycles. The van der Waals surface area contributed by atoms with Gasteiger partial charge in [-0.05, 0) is 25.0 Å². The van der Waals surface area contributed by atoms with Crippen molar-refractivity contribution in [1.29, 1.82) is 0 Å².